The van der Waals surface area contributed by atoms with Crippen LogP contribution in [-0.4, -0.2) is 68.6 Å². The van der Waals surface area contributed by atoms with Gasteiger partial charge in [-0.25, -0.2) is 13.3 Å². The summed E-state index contributed by atoms with van der Waals surface area (Å²) in [5.41, 5.74) is 1.34. The van der Waals surface area contributed by atoms with E-state index < -0.39 is 29.0 Å². The summed E-state index contributed by atoms with van der Waals surface area (Å²) in [6, 6.07) is 10.3. The zero-order valence-electron chi connectivity index (χ0n) is 23.2. The molecule has 0 saturated heterocycles. The van der Waals surface area contributed by atoms with E-state index in [2.05, 4.69) is 15.4 Å². The van der Waals surface area contributed by atoms with Gasteiger partial charge in [0.2, 0.25) is 5.91 Å². The number of hydrogen-bond acceptors (Lipinski definition) is 6. The Hall–Kier alpha value is -2.21. The smallest absolute Gasteiger partial charge is 0.407 e. The first-order chi connectivity index (χ1) is 19.0. The first-order valence-electron chi connectivity index (χ1n) is 13.1. The molecule has 0 radical (unpaired) electrons. The van der Waals surface area contributed by atoms with Crippen LogP contribution in [0.3, 0.4) is 0 Å². The molecule has 12 heteroatoms. The lowest BCUT2D eigenvalue weighted by molar-refractivity contribution is -0.123. The fourth-order valence-corrected chi connectivity index (χ4v) is 6.13. The van der Waals surface area contributed by atoms with Crippen LogP contribution in [0.2, 0.25) is 10.0 Å². The number of alkyl carbamates (subject to hydrolysis) is 1. The molecule has 0 saturated carbocycles. The van der Waals surface area contributed by atoms with Crippen molar-refractivity contribution in [3.05, 3.63) is 63.6 Å². The van der Waals surface area contributed by atoms with E-state index in [-0.39, 0.29) is 37.8 Å². The molecule has 9 nitrogen and oxygen atoms in total. The lowest BCUT2D eigenvalue weighted by Gasteiger charge is -2.32. The molecular weight excluding hydrogens is 577 g/mol. The molecule has 40 heavy (non-hydrogen) atoms. The second-order valence-electron chi connectivity index (χ2n) is 9.79. The number of halogens is 2. The van der Waals surface area contributed by atoms with E-state index in [1.165, 1.54) is 7.11 Å². The van der Waals surface area contributed by atoms with E-state index >= 15 is 0 Å². The highest BCUT2D eigenvalue weighted by molar-refractivity contribution is 7.82. The normalized spacial score (nSPS) is 14.4. The molecule has 0 fully saturated rings. The first-order valence-corrected chi connectivity index (χ1v) is 15.0. The van der Waals surface area contributed by atoms with Gasteiger partial charge in [-0.1, -0.05) is 47.5 Å². The van der Waals surface area contributed by atoms with E-state index in [0.29, 0.717) is 39.8 Å². The minimum absolute atomic E-state index is 0.0946. The van der Waals surface area contributed by atoms with Crippen molar-refractivity contribution in [3.63, 3.8) is 0 Å². The van der Waals surface area contributed by atoms with Crippen molar-refractivity contribution in [1.29, 1.82) is 0 Å². The molecule has 0 aromatic heterocycles. The fourth-order valence-electron chi connectivity index (χ4n) is 4.29. The largest absolute Gasteiger partial charge is 0.453 e. The number of methoxy groups -OCH3 is 1. The van der Waals surface area contributed by atoms with Gasteiger partial charge in [0.15, 0.2) is 0 Å². The van der Waals surface area contributed by atoms with Gasteiger partial charge < -0.3 is 25.6 Å². The van der Waals surface area contributed by atoms with Crippen molar-refractivity contribution in [1.82, 2.24) is 14.9 Å². The van der Waals surface area contributed by atoms with Crippen LogP contribution in [0.5, 0.6) is 0 Å². The molecule has 0 heterocycles. The standard InChI is InChI=1S/C28H39Cl2N3O6S/c1-18(2)33(40(38)23-13-11-20(16-34)12-14-23)22(17-35)9-5-7-19(3)31-27(36)25(32-28(37)39-4)15-21-8-6-10-24(29)26(21)30/h6,8,10-14,18-19,22,25,34-35H,5,7,9,15-17H2,1-4H3,(H,31,36)(H,32,37). The number of hydrogen-bond donors (Lipinski definition) is 4. The van der Waals surface area contributed by atoms with Crippen molar-refractivity contribution in [2.45, 2.75) is 82.1 Å². The van der Waals surface area contributed by atoms with Crippen molar-refractivity contribution in [2.24, 2.45) is 0 Å². The summed E-state index contributed by atoms with van der Waals surface area (Å²) in [6.07, 6.45) is 1.16. The molecule has 4 unspecified atom stereocenters. The predicted molar refractivity (Wildman–Crippen MR) is 158 cm³/mol. The van der Waals surface area contributed by atoms with Gasteiger partial charge in [0, 0.05) is 24.5 Å². The SMILES string of the molecule is COC(=O)NC(Cc1cccc(Cl)c1Cl)C(=O)NC(C)CCCC(CO)N(C(C)C)S(=O)c1ccc(CO)cc1. The van der Waals surface area contributed by atoms with E-state index in [1.807, 2.05) is 20.8 Å². The number of nitrogens with zero attached hydrogens (tertiary/aromatic N) is 1. The molecule has 0 aliphatic heterocycles. The van der Waals surface area contributed by atoms with E-state index in [9.17, 15) is 24.0 Å². The topological polar surface area (TPSA) is 128 Å². The molecule has 0 aliphatic carbocycles. The fraction of sp³-hybridized carbons (Fsp3) is 0.500. The Balaban J connectivity index is 2.01. The maximum absolute atomic E-state index is 13.4. The van der Waals surface area contributed by atoms with Gasteiger partial charge in [-0.2, -0.15) is 0 Å². The van der Waals surface area contributed by atoms with Crippen LogP contribution in [-0.2, 0) is 33.5 Å². The Bertz CT molecular complexity index is 1140. The second kappa shape index (κ2) is 16.9. The highest BCUT2D eigenvalue weighted by Gasteiger charge is 2.28. The van der Waals surface area contributed by atoms with Crippen molar-refractivity contribution in [3.8, 4) is 0 Å². The van der Waals surface area contributed by atoms with Crippen molar-refractivity contribution < 1.29 is 28.7 Å². The minimum Gasteiger partial charge on any atom is -0.453 e. The van der Waals surface area contributed by atoms with Gasteiger partial charge in [0.25, 0.3) is 0 Å². The van der Waals surface area contributed by atoms with E-state index in [4.69, 9.17) is 23.2 Å². The Morgan fingerprint density at radius 2 is 1.70 bits per heavy atom. The van der Waals surface area contributed by atoms with Crippen LogP contribution in [0.25, 0.3) is 0 Å². The van der Waals surface area contributed by atoms with Gasteiger partial charge in [-0.3, -0.25) is 4.79 Å². The summed E-state index contributed by atoms with van der Waals surface area (Å²) >= 11 is 12.4. The van der Waals surface area contributed by atoms with Crippen LogP contribution in [0.15, 0.2) is 47.4 Å². The average Bonchev–Trinajstić information content (AvgIpc) is 2.93. The van der Waals surface area contributed by atoms with Gasteiger partial charge in [0.05, 0.1) is 35.3 Å². The molecule has 4 N–H and O–H groups in total. The van der Waals surface area contributed by atoms with Gasteiger partial charge >= 0.3 is 6.09 Å². The molecule has 0 aliphatic rings. The van der Waals surface area contributed by atoms with Gasteiger partial charge in [-0.15, -0.1) is 0 Å². The summed E-state index contributed by atoms with van der Waals surface area (Å²) in [6.45, 7) is 5.43. The average molecular weight is 617 g/mol. The highest BCUT2D eigenvalue weighted by Crippen LogP contribution is 2.26. The van der Waals surface area contributed by atoms with Crippen molar-refractivity contribution >= 4 is 46.2 Å². The maximum Gasteiger partial charge on any atom is 0.407 e. The summed E-state index contributed by atoms with van der Waals surface area (Å²) in [5.74, 6) is -0.399. The molecule has 2 rings (SSSR count). The summed E-state index contributed by atoms with van der Waals surface area (Å²) in [4.78, 5) is 25.6. The highest BCUT2D eigenvalue weighted by atomic mass is 35.5. The third-order valence-corrected chi connectivity index (χ3v) is 9.03. The van der Waals surface area contributed by atoms with Crippen LogP contribution < -0.4 is 10.6 Å². The molecule has 2 aromatic rings. The second-order valence-corrected chi connectivity index (χ2v) is 12.0. The molecule has 2 amide bonds. The van der Waals surface area contributed by atoms with Crippen LogP contribution in [0.4, 0.5) is 4.79 Å². The number of carbonyl (C=O) groups is 2. The van der Waals surface area contributed by atoms with Crippen LogP contribution >= 0.6 is 23.2 Å². The van der Waals surface area contributed by atoms with Gasteiger partial charge in [-0.05, 0) is 69.4 Å². The molecule has 4 atom stereocenters. The molecule has 2 aromatic carbocycles. The Morgan fingerprint density at radius 1 is 1.02 bits per heavy atom. The third-order valence-electron chi connectivity index (χ3n) is 6.39. The quantitative estimate of drug-likeness (QED) is 0.237. The Labute approximate surface area is 248 Å². The van der Waals surface area contributed by atoms with Gasteiger partial charge in [0.1, 0.15) is 17.0 Å². The number of aliphatic hydroxyl groups is 2. The number of amides is 2. The lowest BCUT2D eigenvalue weighted by atomic mass is 10.0. The number of nitrogens with one attached hydrogen (secondary N) is 2. The zero-order chi connectivity index (χ0) is 29.8. The Morgan fingerprint density at radius 3 is 2.27 bits per heavy atom. The number of rotatable bonds is 15. The Kier molecular flexibility index (Phi) is 14.4. The summed E-state index contributed by atoms with van der Waals surface area (Å²) < 4.78 is 19.8. The van der Waals surface area contributed by atoms with Crippen molar-refractivity contribution in [2.75, 3.05) is 13.7 Å². The number of benzene rings is 2. The first kappa shape index (κ1) is 34.0. The predicted octanol–water partition coefficient (Wildman–Crippen LogP) is 4.22. The molecule has 0 spiro atoms. The number of carbonyl (C=O) groups excluding carboxylic acids is 2. The summed E-state index contributed by atoms with van der Waals surface area (Å²) in [5, 5.41) is 25.6. The number of aliphatic hydroxyl groups excluding tert-OH is 2. The molecule has 0 bridgehead atoms. The van der Waals surface area contributed by atoms with Crippen LogP contribution in [0, 0.1) is 0 Å². The monoisotopic (exact) mass is 615 g/mol. The molecule has 222 valence electrons. The maximum atomic E-state index is 13.4. The van der Waals surface area contributed by atoms with E-state index in [0.717, 1.165) is 5.56 Å². The lowest BCUT2D eigenvalue weighted by Crippen LogP contribution is -2.50. The van der Waals surface area contributed by atoms with E-state index in [1.54, 1.807) is 46.8 Å². The summed E-state index contributed by atoms with van der Waals surface area (Å²) in [7, 11) is -0.285. The van der Waals surface area contributed by atoms with Crippen LogP contribution in [0.1, 0.15) is 51.2 Å². The third kappa shape index (κ3) is 10.0. The zero-order valence-corrected chi connectivity index (χ0v) is 25.6. The number of ether oxygens (including phenoxy) is 1. The minimum atomic E-state index is -1.50. The molecular formula is C28H39Cl2N3O6S.